The second kappa shape index (κ2) is 9.41. The second-order valence-electron chi connectivity index (χ2n) is 12.5. The first kappa shape index (κ1) is 25.7. The lowest BCUT2D eigenvalue weighted by Gasteiger charge is -2.56. The number of rotatable bonds is 4. The Balaban J connectivity index is 1.60. The van der Waals surface area contributed by atoms with E-state index in [1.807, 2.05) is 6.08 Å². The summed E-state index contributed by atoms with van der Waals surface area (Å²) in [5.74, 6) is 1.01. The number of allylic oxidation sites excluding steroid dienone is 4. The highest BCUT2D eigenvalue weighted by molar-refractivity contribution is 5.93. The molecule has 3 unspecified atom stereocenters. The highest BCUT2D eigenvalue weighted by Crippen LogP contribution is 2.67. The van der Waals surface area contributed by atoms with Gasteiger partial charge in [0, 0.05) is 24.8 Å². The summed E-state index contributed by atoms with van der Waals surface area (Å²) in [5.41, 5.74) is 2.64. The maximum absolute atomic E-state index is 13.4. The van der Waals surface area contributed by atoms with E-state index in [2.05, 4.69) is 25.9 Å². The molecule has 0 aromatic rings. The van der Waals surface area contributed by atoms with Gasteiger partial charge in [-0.25, -0.2) is 4.79 Å². The van der Waals surface area contributed by atoms with E-state index in [9.17, 15) is 14.4 Å². The molecule has 36 heavy (non-hydrogen) atoms. The average Bonchev–Trinajstić information content (AvgIpc) is 3.14. The molecule has 198 valence electrons. The van der Waals surface area contributed by atoms with Gasteiger partial charge in [-0.1, -0.05) is 12.5 Å². The Morgan fingerprint density at radius 3 is 2.36 bits per heavy atom. The van der Waals surface area contributed by atoms with Crippen molar-refractivity contribution >= 4 is 17.7 Å². The highest BCUT2D eigenvalue weighted by Gasteiger charge is 2.69. The van der Waals surface area contributed by atoms with Crippen LogP contribution in [0.1, 0.15) is 84.5 Å². The van der Waals surface area contributed by atoms with Crippen molar-refractivity contribution in [2.24, 2.45) is 29.1 Å². The summed E-state index contributed by atoms with van der Waals surface area (Å²) in [6.07, 6.45) is 12.3. The van der Waals surface area contributed by atoms with E-state index >= 15 is 0 Å². The van der Waals surface area contributed by atoms with E-state index in [-0.39, 0.29) is 11.7 Å². The number of esters is 2. The van der Waals surface area contributed by atoms with Crippen LogP contribution >= 0.6 is 0 Å². The molecule has 0 aliphatic heterocycles. The lowest BCUT2D eigenvalue weighted by atomic mass is 9.49. The molecule has 0 bridgehead atoms. The molecule has 6 nitrogen and oxygen atoms in total. The summed E-state index contributed by atoms with van der Waals surface area (Å²) in [6, 6.07) is 0.623. The van der Waals surface area contributed by atoms with Gasteiger partial charge in [0.05, 0.1) is 7.11 Å². The molecule has 0 saturated heterocycles. The third-order valence-electron chi connectivity index (χ3n) is 10.8. The van der Waals surface area contributed by atoms with Crippen LogP contribution in [0.25, 0.3) is 0 Å². The fourth-order valence-electron chi connectivity index (χ4n) is 9.11. The van der Waals surface area contributed by atoms with E-state index < -0.39 is 23.0 Å². The van der Waals surface area contributed by atoms with E-state index in [0.29, 0.717) is 36.6 Å². The predicted molar refractivity (Wildman–Crippen MR) is 137 cm³/mol. The lowest BCUT2D eigenvalue weighted by molar-refractivity contribution is -0.200. The molecular formula is C30H43NO5. The number of carbonyl (C=O) groups excluding carboxylic acids is 3. The molecule has 0 spiro atoms. The fraction of sp³-hybridized carbons (Fsp3) is 0.767. The normalized spacial score (nSPS) is 40.2. The zero-order chi connectivity index (χ0) is 25.8. The minimum Gasteiger partial charge on any atom is -0.466 e. The number of hydrogen-bond donors (Lipinski definition) is 0. The molecule has 0 radical (unpaired) electrons. The monoisotopic (exact) mass is 497 g/mol. The van der Waals surface area contributed by atoms with Crippen LogP contribution < -0.4 is 0 Å². The maximum atomic E-state index is 13.4. The molecule has 5 aliphatic rings. The third-order valence-corrected chi connectivity index (χ3v) is 10.8. The van der Waals surface area contributed by atoms with Crippen LogP contribution in [0, 0.1) is 29.1 Å². The molecular weight excluding hydrogens is 454 g/mol. The minimum atomic E-state index is -1.22. The van der Waals surface area contributed by atoms with Crippen LogP contribution in [0.3, 0.4) is 0 Å². The summed E-state index contributed by atoms with van der Waals surface area (Å²) in [7, 11) is 5.77. The Morgan fingerprint density at radius 1 is 1.00 bits per heavy atom. The lowest BCUT2D eigenvalue weighted by Crippen LogP contribution is -2.59. The second-order valence-corrected chi connectivity index (χ2v) is 12.5. The Morgan fingerprint density at radius 2 is 1.72 bits per heavy atom. The quantitative estimate of drug-likeness (QED) is 0.508. The molecule has 3 fully saturated rings. The first-order valence-corrected chi connectivity index (χ1v) is 14.0. The van der Waals surface area contributed by atoms with Gasteiger partial charge in [-0.2, -0.15) is 0 Å². The van der Waals surface area contributed by atoms with Crippen molar-refractivity contribution in [3.8, 4) is 0 Å². The first-order valence-electron chi connectivity index (χ1n) is 14.0. The number of carbonyl (C=O) groups is 3. The van der Waals surface area contributed by atoms with Gasteiger partial charge in [0.25, 0.3) is 0 Å². The number of ketones is 1. The Labute approximate surface area is 215 Å². The SMILES string of the molecule is COC(=O)[C@@]1(OC(C)=O)CCC2C3CCC4=CC(=O)CCC4=C3C(C3CCC(N(C)C)CC3)C[C@@]21C. The average molecular weight is 498 g/mol. The minimum absolute atomic E-state index is 0.261. The van der Waals surface area contributed by atoms with Crippen molar-refractivity contribution in [2.45, 2.75) is 96.1 Å². The van der Waals surface area contributed by atoms with E-state index in [1.165, 1.54) is 50.9 Å². The van der Waals surface area contributed by atoms with Crippen molar-refractivity contribution in [2.75, 3.05) is 21.2 Å². The highest BCUT2D eigenvalue weighted by atomic mass is 16.6. The summed E-state index contributed by atoms with van der Waals surface area (Å²) >= 11 is 0. The van der Waals surface area contributed by atoms with Gasteiger partial charge in [0.15, 0.2) is 5.78 Å². The standard InChI is InChI=1S/C30H43NO5/c1-18(32)36-30(28(34)35-5)15-14-26-24-12-8-20-16-22(33)11-13-23(20)27(24)25(17-29(26,30)2)19-6-9-21(10-7-19)31(3)4/h16,19,21,24-26H,6-15,17H2,1-5H3/t19?,21?,24?,25?,26?,29-,30-/m0/s1. The molecule has 0 aromatic heterocycles. The van der Waals surface area contributed by atoms with Crippen molar-refractivity contribution in [1.29, 1.82) is 0 Å². The zero-order valence-electron chi connectivity index (χ0n) is 22.7. The molecule has 0 N–H and O–H groups in total. The van der Waals surface area contributed by atoms with Crippen LogP contribution in [0.4, 0.5) is 0 Å². The molecule has 3 saturated carbocycles. The summed E-state index contributed by atoms with van der Waals surface area (Å²) in [4.78, 5) is 40.4. The van der Waals surface area contributed by atoms with E-state index in [4.69, 9.17) is 9.47 Å². The summed E-state index contributed by atoms with van der Waals surface area (Å²) in [6.45, 7) is 3.62. The van der Waals surface area contributed by atoms with Gasteiger partial charge >= 0.3 is 11.9 Å². The zero-order valence-corrected chi connectivity index (χ0v) is 22.7. The molecule has 5 rings (SSSR count). The van der Waals surface area contributed by atoms with Gasteiger partial charge in [0.2, 0.25) is 5.60 Å². The van der Waals surface area contributed by atoms with Crippen LogP contribution in [-0.4, -0.2) is 55.5 Å². The Kier molecular flexibility index (Phi) is 6.72. The Bertz CT molecular complexity index is 1000. The smallest absolute Gasteiger partial charge is 0.350 e. The fourth-order valence-corrected chi connectivity index (χ4v) is 9.11. The van der Waals surface area contributed by atoms with Crippen LogP contribution in [-0.2, 0) is 23.9 Å². The Hall–Kier alpha value is -1.95. The van der Waals surface area contributed by atoms with Gasteiger partial charge < -0.3 is 14.4 Å². The number of hydrogen-bond acceptors (Lipinski definition) is 6. The van der Waals surface area contributed by atoms with Crippen LogP contribution in [0.5, 0.6) is 0 Å². The molecule has 5 aliphatic carbocycles. The maximum Gasteiger partial charge on any atom is 0.350 e. The predicted octanol–water partition coefficient (Wildman–Crippen LogP) is 5.01. The van der Waals surface area contributed by atoms with Crippen molar-refractivity contribution in [1.82, 2.24) is 4.90 Å². The number of fused-ring (bicyclic) bond motifs is 4. The van der Waals surface area contributed by atoms with Crippen molar-refractivity contribution in [3.63, 3.8) is 0 Å². The van der Waals surface area contributed by atoms with Crippen LogP contribution in [0.2, 0.25) is 0 Å². The topological polar surface area (TPSA) is 72.9 Å². The van der Waals surface area contributed by atoms with Gasteiger partial charge in [0.1, 0.15) is 0 Å². The summed E-state index contributed by atoms with van der Waals surface area (Å²) < 4.78 is 11.3. The van der Waals surface area contributed by atoms with Crippen molar-refractivity contribution < 1.29 is 23.9 Å². The van der Waals surface area contributed by atoms with Gasteiger partial charge in [-0.05, 0) is 119 Å². The molecule has 0 amide bonds. The molecule has 6 heteroatoms. The third kappa shape index (κ3) is 3.90. The van der Waals surface area contributed by atoms with Gasteiger partial charge in [-0.3, -0.25) is 9.59 Å². The molecule has 0 aromatic carbocycles. The number of nitrogens with zero attached hydrogens (tertiary/aromatic N) is 1. The van der Waals surface area contributed by atoms with E-state index in [1.54, 1.807) is 5.57 Å². The van der Waals surface area contributed by atoms with Crippen molar-refractivity contribution in [3.05, 3.63) is 22.8 Å². The summed E-state index contributed by atoms with van der Waals surface area (Å²) in [5, 5.41) is 0. The van der Waals surface area contributed by atoms with Gasteiger partial charge in [-0.15, -0.1) is 0 Å². The number of ether oxygens (including phenoxy) is 2. The number of methoxy groups -OCH3 is 1. The van der Waals surface area contributed by atoms with Crippen LogP contribution in [0.15, 0.2) is 22.8 Å². The molecule has 5 atom stereocenters. The molecule has 0 heterocycles. The largest absolute Gasteiger partial charge is 0.466 e. The first-order chi connectivity index (χ1) is 17.1. The van der Waals surface area contributed by atoms with E-state index in [0.717, 1.165) is 32.1 Å².